The van der Waals surface area contributed by atoms with Crippen LogP contribution in [0.15, 0.2) is 41.3 Å². The highest BCUT2D eigenvalue weighted by Gasteiger charge is 2.23. The average molecular weight is 360 g/mol. The molecule has 0 spiro atoms. The maximum atomic E-state index is 12.9. The molecule has 0 unspecified atom stereocenters. The van der Waals surface area contributed by atoms with Gasteiger partial charge in [-0.1, -0.05) is 45.0 Å². The fraction of sp³-hybridized carbons (Fsp3) is 0.316. The van der Waals surface area contributed by atoms with E-state index in [4.69, 9.17) is 0 Å². The highest BCUT2D eigenvalue weighted by Crippen LogP contribution is 2.30. The van der Waals surface area contributed by atoms with Crippen LogP contribution in [0.3, 0.4) is 0 Å². The number of carbonyl (C=O) groups excluding carboxylic acids is 1. The fourth-order valence-corrected chi connectivity index (χ4v) is 3.91. The Morgan fingerprint density at radius 3 is 2.24 bits per heavy atom. The molecular formula is C19H22NO4S-. The first-order valence-electron chi connectivity index (χ1n) is 7.88. The van der Waals surface area contributed by atoms with Crippen molar-refractivity contribution in [3.63, 3.8) is 0 Å². The number of benzene rings is 2. The first-order chi connectivity index (χ1) is 11.4. The van der Waals surface area contributed by atoms with Crippen molar-refractivity contribution in [1.82, 2.24) is 0 Å². The van der Waals surface area contributed by atoms with Gasteiger partial charge in [0.1, 0.15) is 0 Å². The molecule has 25 heavy (non-hydrogen) atoms. The summed E-state index contributed by atoms with van der Waals surface area (Å²) in [6, 6.07) is 9.40. The van der Waals surface area contributed by atoms with Crippen LogP contribution in [0.5, 0.6) is 0 Å². The van der Waals surface area contributed by atoms with E-state index in [1.54, 1.807) is 19.1 Å². The SMILES string of the molecule is Cc1cc(C(C)(C)C)cc(S(=O)(=O)Nc2ccccc2C(=O)[O-])c1C. The fourth-order valence-electron chi connectivity index (χ4n) is 2.49. The van der Waals surface area contributed by atoms with Crippen molar-refractivity contribution in [3.05, 3.63) is 58.7 Å². The molecule has 0 saturated heterocycles. The Bertz CT molecular complexity index is 925. The van der Waals surface area contributed by atoms with E-state index in [0.29, 0.717) is 5.56 Å². The molecule has 0 aromatic heterocycles. The monoisotopic (exact) mass is 360 g/mol. The summed E-state index contributed by atoms with van der Waals surface area (Å²) in [5.41, 5.74) is 1.95. The Morgan fingerprint density at radius 1 is 1.08 bits per heavy atom. The second-order valence-electron chi connectivity index (χ2n) is 7.10. The van der Waals surface area contributed by atoms with Gasteiger partial charge in [0.25, 0.3) is 10.0 Å². The summed E-state index contributed by atoms with van der Waals surface area (Å²) in [6.45, 7) is 9.62. The molecule has 2 aromatic rings. The van der Waals surface area contributed by atoms with Gasteiger partial charge in [0.05, 0.1) is 16.6 Å². The maximum Gasteiger partial charge on any atom is 0.262 e. The van der Waals surface area contributed by atoms with Gasteiger partial charge in [-0.25, -0.2) is 8.42 Å². The van der Waals surface area contributed by atoms with E-state index in [1.807, 2.05) is 33.8 Å². The third-order valence-electron chi connectivity index (χ3n) is 4.17. The number of rotatable bonds is 4. The number of hydrogen-bond acceptors (Lipinski definition) is 4. The smallest absolute Gasteiger partial charge is 0.262 e. The molecular weight excluding hydrogens is 338 g/mol. The molecule has 134 valence electrons. The highest BCUT2D eigenvalue weighted by atomic mass is 32.2. The number of carboxylic acid groups (broad SMARTS) is 1. The van der Waals surface area contributed by atoms with Crippen molar-refractivity contribution in [2.45, 2.75) is 44.9 Å². The number of carboxylic acids is 1. The van der Waals surface area contributed by atoms with Gasteiger partial charge in [0, 0.05) is 5.56 Å². The van der Waals surface area contributed by atoms with Crippen LogP contribution in [0.4, 0.5) is 5.69 Å². The zero-order chi connectivity index (χ0) is 19.0. The molecule has 2 aromatic carbocycles. The van der Waals surface area contributed by atoms with Crippen molar-refractivity contribution in [2.24, 2.45) is 0 Å². The summed E-state index contributed by atoms with van der Waals surface area (Å²) >= 11 is 0. The highest BCUT2D eigenvalue weighted by molar-refractivity contribution is 7.92. The zero-order valence-electron chi connectivity index (χ0n) is 15.0. The van der Waals surface area contributed by atoms with Crippen LogP contribution in [0.2, 0.25) is 0 Å². The second kappa shape index (κ2) is 6.52. The van der Waals surface area contributed by atoms with E-state index in [-0.39, 0.29) is 21.6 Å². The molecule has 5 nitrogen and oxygen atoms in total. The number of para-hydroxylation sites is 1. The second-order valence-corrected chi connectivity index (χ2v) is 8.76. The Labute approximate surface area is 148 Å². The van der Waals surface area contributed by atoms with Gasteiger partial charge in [-0.05, 0) is 48.1 Å². The molecule has 0 fully saturated rings. The summed E-state index contributed by atoms with van der Waals surface area (Å²) in [5.74, 6) is -1.44. The number of carbonyl (C=O) groups is 1. The van der Waals surface area contributed by atoms with Crippen LogP contribution in [0.1, 0.15) is 47.8 Å². The van der Waals surface area contributed by atoms with Gasteiger partial charge in [0.2, 0.25) is 0 Å². The summed E-state index contributed by atoms with van der Waals surface area (Å²) in [7, 11) is -3.95. The number of sulfonamides is 1. The maximum absolute atomic E-state index is 12.9. The molecule has 1 N–H and O–H groups in total. The Balaban J connectivity index is 2.58. The van der Waals surface area contributed by atoms with Crippen LogP contribution in [0, 0.1) is 13.8 Å². The van der Waals surface area contributed by atoms with Crippen LogP contribution in [-0.2, 0) is 15.4 Å². The number of anilines is 1. The van der Waals surface area contributed by atoms with Crippen LogP contribution < -0.4 is 9.83 Å². The minimum atomic E-state index is -3.95. The van der Waals surface area contributed by atoms with Gasteiger partial charge >= 0.3 is 0 Å². The predicted molar refractivity (Wildman–Crippen MR) is 96.2 cm³/mol. The lowest BCUT2D eigenvalue weighted by Gasteiger charge is -2.23. The lowest BCUT2D eigenvalue weighted by atomic mass is 9.85. The number of aryl methyl sites for hydroxylation is 1. The predicted octanol–water partition coefficient (Wildman–Crippen LogP) is 2.77. The summed E-state index contributed by atoms with van der Waals surface area (Å²) < 4.78 is 28.2. The topological polar surface area (TPSA) is 86.3 Å². The molecule has 2 rings (SSSR count). The Kier molecular flexibility index (Phi) is 4.95. The molecule has 0 amide bonds. The molecule has 0 atom stereocenters. The van der Waals surface area contributed by atoms with E-state index < -0.39 is 16.0 Å². The average Bonchev–Trinajstić information content (AvgIpc) is 2.48. The molecule has 0 aliphatic heterocycles. The van der Waals surface area contributed by atoms with E-state index >= 15 is 0 Å². The summed E-state index contributed by atoms with van der Waals surface area (Å²) in [4.78, 5) is 11.3. The van der Waals surface area contributed by atoms with Crippen LogP contribution >= 0.6 is 0 Å². The summed E-state index contributed by atoms with van der Waals surface area (Å²) in [6.07, 6.45) is 0. The van der Waals surface area contributed by atoms with Crippen molar-refractivity contribution < 1.29 is 18.3 Å². The van der Waals surface area contributed by atoms with Crippen LogP contribution in [0.25, 0.3) is 0 Å². The largest absolute Gasteiger partial charge is 0.545 e. The van der Waals surface area contributed by atoms with E-state index in [9.17, 15) is 18.3 Å². The first kappa shape index (κ1) is 19.0. The third-order valence-corrected chi connectivity index (χ3v) is 5.66. The molecule has 0 aliphatic carbocycles. The number of nitrogens with one attached hydrogen (secondary N) is 1. The molecule has 6 heteroatoms. The Morgan fingerprint density at radius 2 is 1.68 bits per heavy atom. The minimum absolute atomic E-state index is 0.0132. The first-order valence-corrected chi connectivity index (χ1v) is 9.37. The molecule has 0 radical (unpaired) electrons. The molecule has 0 saturated carbocycles. The normalized spacial score (nSPS) is 12.0. The van der Waals surface area contributed by atoms with E-state index in [1.165, 1.54) is 18.2 Å². The van der Waals surface area contributed by atoms with Gasteiger partial charge < -0.3 is 9.90 Å². The quantitative estimate of drug-likeness (QED) is 0.908. The number of hydrogen-bond donors (Lipinski definition) is 1. The minimum Gasteiger partial charge on any atom is -0.545 e. The van der Waals surface area contributed by atoms with Crippen LogP contribution in [-0.4, -0.2) is 14.4 Å². The number of aromatic carboxylic acids is 1. The molecule has 0 heterocycles. The van der Waals surface area contributed by atoms with Crippen molar-refractivity contribution in [1.29, 1.82) is 0 Å². The lowest BCUT2D eigenvalue weighted by molar-refractivity contribution is -0.254. The summed E-state index contributed by atoms with van der Waals surface area (Å²) in [5, 5.41) is 11.2. The molecule has 0 bridgehead atoms. The van der Waals surface area contributed by atoms with Gasteiger partial charge in [-0.15, -0.1) is 0 Å². The lowest BCUT2D eigenvalue weighted by Crippen LogP contribution is -2.25. The van der Waals surface area contributed by atoms with Gasteiger partial charge in [-0.2, -0.15) is 0 Å². The Hall–Kier alpha value is -2.34. The van der Waals surface area contributed by atoms with Gasteiger partial charge in [-0.3, -0.25) is 4.72 Å². The van der Waals surface area contributed by atoms with Crippen molar-refractivity contribution in [3.8, 4) is 0 Å². The molecule has 0 aliphatic rings. The standard InChI is InChI=1S/C19H23NO4S/c1-12-10-14(19(3,4)5)11-17(13(12)2)25(23,24)20-16-9-7-6-8-15(16)18(21)22/h6-11,20H,1-5H3,(H,21,22)/p-1. The third kappa shape index (κ3) is 4.02. The van der Waals surface area contributed by atoms with Gasteiger partial charge in [0.15, 0.2) is 0 Å². The zero-order valence-corrected chi connectivity index (χ0v) is 15.8. The van der Waals surface area contributed by atoms with Crippen molar-refractivity contribution >= 4 is 21.7 Å². The van der Waals surface area contributed by atoms with Crippen molar-refractivity contribution in [2.75, 3.05) is 4.72 Å². The van der Waals surface area contributed by atoms with E-state index in [0.717, 1.165) is 11.1 Å². The van der Waals surface area contributed by atoms with E-state index in [2.05, 4.69) is 4.72 Å².